The molecular weight excluding hydrogens is 404 g/mol. The highest BCUT2D eigenvalue weighted by atomic mass is 19.3. The van der Waals surface area contributed by atoms with Crippen molar-refractivity contribution in [3.63, 3.8) is 0 Å². The first-order valence-electron chi connectivity index (χ1n) is 10.4. The maximum atomic E-state index is 12.5. The average Bonchev–Trinajstić information content (AvgIpc) is 3.21. The second-order valence-corrected chi connectivity index (χ2v) is 8.11. The van der Waals surface area contributed by atoms with Crippen LogP contribution in [-0.4, -0.2) is 47.0 Å². The molecule has 0 radical (unpaired) electrons. The highest BCUT2D eigenvalue weighted by Gasteiger charge is 2.52. The lowest BCUT2D eigenvalue weighted by atomic mass is 9.90. The maximum Gasteiger partial charge on any atom is 0.387 e. The zero-order chi connectivity index (χ0) is 21.6. The summed E-state index contributed by atoms with van der Waals surface area (Å²) in [5.41, 5.74) is 2.22. The minimum absolute atomic E-state index is 0.0285. The zero-order valence-electron chi connectivity index (χ0n) is 17.1. The molecule has 1 atom stereocenters. The number of fused-ring (bicyclic) bond motifs is 4. The number of hydrazone groups is 1. The molecule has 5 rings (SSSR count). The molecule has 6 nitrogen and oxygen atoms in total. The van der Waals surface area contributed by atoms with Crippen LogP contribution in [0.5, 0.6) is 11.5 Å². The van der Waals surface area contributed by atoms with Gasteiger partial charge in [0, 0.05) is 44.8 Å². The summed E-state index contributed by atoms with van der Waals surface area (Å²) in [4.78, 5) is 13.7. The predicted molar refractivity (Wildman–Crippen MR) is 110 cm³/mol. The second-order valence-electron chi connectivity index (χ2n) is 8.11. The number of hydrogen-bond acceptors (Lipinski definition) is 5. The third-order valence-electron chi connectivity index (χ3n) is 6.31. The van der Waals surface area contributed by atoms with E-state index in [9.17, 15) is 13.6 Å². The van der Waals surface area contributed by atoms with Crippen LogP contribution in [0.2, 0.25) is 0 Å². The highest BCUT2D eigenvalue weighted by Crippen LogP contribution is 2.49. The van der Waals surface area contributed by atoms with Crippen molar-refractivity contribution in [2.75, 3.05) is 13.1 Å². The molecule has 1 saturated heterocycles. The molecule has 2 aromatic carbocycles. The number of piperidine rings is 1. The number of halogens is 2. The van der Waals surface area contributed by atoms with E-state index >= 15 is 0 Å². The monoisotopic (exact) mass is 427 g/mol. The summed E-state index contributed by atoms with van der Waals surface area (Å²) >= 11 is 0. The van der Waals surface area contributed by atoms with Gasteiger partial charge in [0.15, 0.2) is 0 Å². The van der Waals surface area contributed by atoms with Crippen molar-refractivity contribution in [3.05, 3.63) is 59.7 Å². The van der Waals surface area contributed by atoms with E-state index in [0.29, 0.717) is 32.4 Å². The molecule has 162 valence electrons. The maximum absolute atomic E-state index is 12.5. The van der Waals surface area contributed by atoms with Crippen LogP contribution >= 0.6 is 0 Å². The summed E-state index contributed by atoms with van der Waals surface area (Å²) in [7, 11) is 0. The topological polar surface area (TPSA) is 54.4 Å². The molecule has 3 aliphatic heterocycles. The summed E-state index contributed by atoms with van der Waals surface area (Å²) in [6.07, 6.45) is 2.01. The van der Waals surface area contributed by atoms with Crippen LogP contribution in [0.1, 0.15) is 43.4 Å². The predicted octanol–water partition coefficient (Wildman–Crippen LogP) is 4.17. The van der Waals surface area contributed by atoms with Gasteiger partial charge in [-0.3, -0.25) is 4.79 Å². The van der Waals surface area contributed by atoms with Crippen LogP contribution in [-0.2, 0) is 4.79 Å². The number of para-hydroxylation sites is 1. The number of carbonyl (C=O) groups excluding carboxylic acids is 1. The van der Waals surface area contributed by atoms with Crippen molar-refractivity contribution in [2.45, 2.75) is 44.6 Å². The number of nitrogens with zero attached hydrogens (tertiary/aromatic N) is 3. The number of likely N-dealkylation sites (tertiary alicyclic amines) is 1. The van der Waals surface area contributed by atoms with Gasteiger partial charge in [-0.15, -0.1) is 0 Å². The van der Waals surface area contributed by atoms with Crippen molar-refractivity contribution >= 4 is 11.6 Å². The number of rotatable bonds is 3. The first-order chi connectivity index (χ1) is 14.9. The number of hydrogen-bond donors (Lipinski definition) is 0. The molecule has 0 unspecified atom stereocenters. The van der Waals surface area contributed by atoms with Gasteiger partial charge < -0.3 is 14.4 Å². The van der Waals surface area contributed by atoms with E-state index in [1.54, 1.807) is 19.1 Å². The molecule has 1 amide bonds. The van der Waals surface area contributed by atoms with E-state index in [1.807, 2.05) is 23.1 Å². The molecule has 2 aromatic rings. The number of carbonyl (C=O) groups is 1. The van der Waals surface area contributed by atoms with Gasteiger partial charge >= 0.3 is 6.61 Å². The Kier molecular flexibility index (Phi) is 4.79. The van der Waals surface area contributed by atoms with E-state index in [1.165, 1.54) is 12.1 Å². The van der Waals surface area contributed by atoms with Crippen LogP contribution in [0.4, 0.5) is 8.78 Å². The third-order valence-corrected chi connectivity index (χ3v) is 6.31. The molecule has 0 aliphatic carbocycles. The van der Waals surface area contributed by atoms with Crippen LogP contribution in [0.25, 0.3) is 0 Å². The lowest BCUT2D eigenvalue weighted by Gasteiger charge is -2.51. The lowest BCUT2D eigenvalue weighted by Crippen LogP contribution is -2.59. The Morgan fingerprint density at radius 1 is 1.16 bits per heavy atom. The molecule has 0 N–H and O–H groups in total. The first kappa shape index (κ1) is 19.8. The number of ether oxygens (including phenoxy) is 2. The van der Waals surface area contributed by atoms with Gasteiger partial charge in [-0.2, -0.15) is 13.9 Å². The fourth-order valence-electron chi connectivity index (χ4n) is 4.73. The number of amides is 1. The Hall–Kier alpha value is -3.16. The summed E-state index contributed by atoms with van der Waals surface area (Å²) in [5, 5.41) is 7.01. The van der Waals surface area contributed by atoms with Crippen LogP contribution < -0.4 is 9.47 Å². The average molecular weight is 427 g/mol. The number of benzene rings is 2. The second kappa shape index (κ2) is 7.51. The van der Waals surface area contributed by atoms with Crippen LogP contribution in [0, 0.1) is 0 Å². The molecule has 3 heterocycles. The van der Waals surface area contributed by atoms with E-state index in [4.69, 9.17) is 9.84 Å². The van der Waals surface area contributed by atoms with Crippen molar-refractivity contribution < 1.29 is 23.0 Å². The van der Waals surface area contributed by atoms with Gasteiger partial charge in [0.05, 0.1) is 11.8 Å². The van der Waals surface area contributed by atoms with Crippen LogP contribution in [0.3, 0.4) is 0 Å². The smallest absolute Gasteiger partial charge is 0.387 e. The molecule has 0 saturated carbocycles. The van der Waals surface area contributed by atoms with Crippen molar-refractivity contribution in [1.29, 1.82) is 0 Å². The van der Waals surface area contributed by atoms with Crippen molar-refractivity contribution in [2.24, 2.45) is 5.10 Å². The zero-order valence-corrected chi connectivity index (χ0v) is 17.1. The molecule has 1 spiro atoms. The Morgan fingerprint density at radius 3 is 2.55 bits per heavy atom. The van der Waals surface area contributed by atoms with Gasteiger partial charge in [0.25, 0.3) is 0 Å². The van der Waals surface area contributed by atoms with Gasteiger partial charge in [0.2, 0.25) is 11.6 Å². The van der Waals surface area contributed by atoms with Crippen molar-refractivity contribution in [3.8, 4) is 11.5 Å². The van der Waals surface area contributed by atoms with Crippen LogP contribution in [0.15, 0.2) is 53.6 Å². The molecule has 31 heavy (non-hydrogen) atoms. The minimum atomic E-state index is -2.85. The van der Waals surface area contributed by atoms with Gasteiger partial charge in [-0.25, -0.2) is 5.01 Å². The molecular formula is C23H23F2N3O3. The number of alkyl halides is 2. The summed E-state index contributed by atoms with van der Waals surface area (Å²) in [6.45, 7) is -0.0278. The molecule has 3 aliphatic rings. The quantitative estimate of drug-likeness (QED) is 0.738. The fourth-order valence-corrected chi connectivity index (χ4v) is 4.73. The Balaban J connectivity index is 1.47. The normalized spacial score (nSPS) is 21.4. The summed E-state index contributed by atoms with van der Waals surface area (Å²) in [6, 6.07) is 14.6. The summed E-state index contributed by atoms with van der Waals surface area (Å²) in [5.74, 6) is 1.05. The molecule has 0 aromatic heterocycles. The minimum Gasteiger partial charge on any atom is -0.466 e. The standard InChI is InChI=1S/C23H23F2N3O3/c1-15(29)27-12-10-23(11-13-27)28-20(18-4-2-3-5-21(18)31-23)14-19(26-28)16-6-8-17(9-7-16)30-22(24)25/h2-9,20,22H,10-14H2,1H3/t20-/m1/s1. The first-order valence-corrected chi connectivity index (χ1v) is 10.4. The third kappa shape index (κ3) is 3.49. The van der Waals surface area contributed by atoms with Gasteiger partial charge in [-0.05, 0) is 35.9 Å². The Morgan fingerprint density at radius 2 is 1.87 bits per heavy atom. The lowest BCUT2D eigenvalue weighted by molar-refractivity contribution is -0.158. The fraction of sp³-hybridized carbons (Fsp3) is 0.391. The van der Waals surface area contributed by atoms with E-state index in [2.05, 4.69) is 15.8 Å². The van der Waals surface area contributed by atoms with E-state index in [-0.39, 0.29) is 17.7 Å². The SMILES string of the molecule is CC(=O)N1CCC2(CC1)Oc1ccccc1[C@H]1CC(c3ccc(OC(F)F)cc3)=NN12. The van der Waals surface area contributed by atoms with Crippen molar-refractivity contribution in [1.82, 2.24) is 9.91 Å². The highest BCUT2D eigenvalue weighted by molar-refractivity contribution is 6.02. The molecule has 1 fully saturated rings. The molecule has 0 bridgehead atoms. The Bertz CT molecular complexity index is 1020. The van der Waals surface area contributed by atoms with E-state index < -0.39 is 12.3 Å². The van der Waals surface area contributed by atoms with Gasteiger partial charge in [0.1, 0.15) is 11.5 Å². The van der Waals surface area contributed by atoms with Gasteiger partial charge in [-0.1, -0.05) is 18.2 Å². The summed E-state index contributed by atoms with van der Waals surface area (Å²) < 4.78 is 35.9. The Labute approximate surface area is 179 Å². The molecule has 8 heteroatoms. The van der Waals surface area contributed by atoms with E-state index in [0.717, 1.165) is 22.6 Å². The largest absolute Gasteiger partial charge is 0.466 e.